The number of ether oxygens (including phenoxy) is 1. The van der Waals surface area contributed by atoms with Gasteiger partial charge in [0, 0.05) is 40.8 Å². The predicted octanol–water partition coefficient (Wildman–Crippen LogP) is 5.11. The third kappa shape index (κ3) is 5.24. The molecule has 0 unspecified atom stereocenters. The normalized spacial score (nSPS) is 14.9. The number of morpholine rings is 1. The molecule has 1 aromatic carbocycles. The van der Waals surface area contributed by atoms with Crippen LogP contribution in [0.15, 0.2) is 57.5 Å². The van der Waals surface area contributed by atoms with Crippen molar-refractivity contribution in [2.75, 3.05) is 32.8 Å². The average Bonchev–Trinajstić information content (AvgIpc) is 3.27. The summed E-state index contributed by atoms with van der Waals surface area (Å²) in [5, 5.41) is 17.6. The molecule has 1 fully saturated rings. The highest BCUT2D eigenvalue weighted by Crippen LogP contribution is 2.27. The maximum absolute atomic E-state index is 9.63. The Morgan fingerprint density at radius 2 is 1.94 bits per heavy atom. The molecule has 0 aliphatic carbocycles. The highest BCUT2D eigenvalue weighted by Gasteiger charge is 2.11. The van der Waals surface area contributed by atoms with E-state index in [0.717, 1.165) is 66.9 Å². The van der Waals surface area contributed by atoms with Crippen LogP contribution in [0.5, 0.6) is 0 Å². The number of hydrogen-bond acceptors (Lipinski definition) is 7. The molecule has 4 heterocycles. The molecule has 0 atom stereocenters. The number of halogens is 2. The van der Waals surface area contributed by atoms with Crippen LogP contribution in [0.2, 0.25) is 0 Å². The van der Waals surface area contributed by atoms with Gasteiger partial charge in [-0.2, -0.15) is 0 Å². The number of thiophene rings is 1. The van der Waals surface area contributed by atoms with Gasteiger partial charge in [0.1, 0.15) is 16.6 Å². The van der Waals surface area contributed by atoms with Crippen LogP contribution in [-0.2, 0) is 11.2 Å². The molecular weight excluding hydrogens is 469 g/mol. The Morgan fingerprint density at radius 3 is 2.75 bits per heavy atom. The summed E-state index contributed by atoms with van der Waals surface area (Å²) in [6.45, 7) is 4.75. The van der Waals surface area contributed by atoms with Gasteiger partial charge in [0.2, 0.25) is 0 Å². The summed E-state index contributed by atoms with van der Waals surface area (Å²) >= 11 is 1.66. The van der Waals surface area contributed by atoms with E-state index in [2.05, 4.69) is 27.2 Å². The first-order chi connectivity index (χ1) is 14.8. The van der Waals surface area contributed by atoms with E-state index in [1.54, 1.807) is 17.4 Å². The number of benzene rings is 1. The van der Waals surface area contributed by atoms with Gasteiger partial charge in [0.15, 0.2) is 5.76 Å². The highest BCUT2D eigenvalue weighted by molar-refractivity contribution is 7.17. The number of fused-ring (bicyclic) bond motifs is 2. The molecule has 1 saturated heterocycles. The molecule has 32 heavy (non-hydrogen) atoms. The summed E-state index contributed by atoms with van der Waals surface area (Å²) < 4.78 is 12.7. The minimum absolute atomic E-state index is 0. The second-order valence-corrected chi connectivity index (χ2v) is 8.46. The maximum atomic E-state index is 9.63. The van der Waals surface area contributed by atoms with E-state index >= 15 is 0 Å². The van der Waals surface area contributed by atoms with E-state index in [-0.39, 0.29) is 24.8 Å². The van der Waals surface area contributed by atoms with Crippen LogP contribution in [0.3, 0.4) is 0 Å². The molecule has 0 amide bonds. The zero-order valence-corrected chi connectivity index (χ0v) is 19.8. The second kappa shape index (κ2) is 11.1. The molecule has 1 N–H and O–H groups in total. The molecule has 0 saturated carbocycles. The standard InChI is InChI=1S/C23H23N3O3S.2ClH/c27-25-19-13-22(20-14-23-17(15-24-20)5-11-30-23)29-21-4-3-16(12-18(19)21)2-1-6-26-7-9-28-10-8-26;;/h3-5,11-15,27H,1-2,6-10H2;2*1H. The Labute approximate surface area is 202 Å². The zero-order chi connectivity index (χ0) is 20.3. The van der Waals surface area contributed by atoms with E-state index in [1.807, 2.05) is 29.8 Å². The first-order valence-corrected chi connectivity index (χ1v) is 11.1. The summed E-state index contributed by atoms with van der Waals surface area (Å²) in [6.07, 6.45) is 3.89. The minimum Gasteiger partial charge on any atom is -0.454 e. The van der Waals surface area contributed by atoms with E-state index in [0.29, 0.717) is 16.7 Å². The summed E-state index contributed by atoms with van der Waals surface area (Å²) in [6, 6.07) is 11.9. The highest BCUT2D eigenvalue weighted by atomic mass is 35.5. The fourth-order valence-electron chi connectivity index (χ4n) is 3.90. The van der Waals surface area contributed by atoms with E-state index in [1.165, 1.54) is 5.56 Å². The van der Waals surface area contributed by atoms with E-state index in [4.69, 9.17) is 9.15 Å². The molecule has 0 bridgehead atoms. The summed E-state index contributed by atoms with van der Waals surface area (Å²) in [4.78, 5) is 6.95. The lowest BCUT2D eigenvalue weighted by Crippen LogP contribution is -2.36. The van der Waals surface area contributed by atoms with E-state index in [9.17, 15) is 5.21 Å². The third-order valence-corrected chi connectivity index (χ3v) is 6.43. The van der Waals surface area contributed by atoms with Gasteiger partial charge < -0.3 is 14.4 Å². The zero-order valence-electron chi connectivity index (χ0n) is 17.4. The van der Waals surface area contributed by atoms with Gasteiger partial charge in [0.05, 0.1) is 13.2 Å². The Hall–Kier alpha value is -2.16. The van der Waals surface area contributed by atoms with E-state index < -0.39 is 0 Å². The quantitative estimate of drug-likeness (QED) is 0.309. The van der Waals surface area contributed by atoms with Crippen molar-refractivity contribution >= 4 is 57.2 Å². The van der Waals surface area contributed by atoms with Crippen LogP contribution in [0.4, 0.5) is 0 Å². The van der Waals surface area contributed by atoms with Gasteiger partial charge in [-0.3, -0.25) is 9.88 Å². The molecule has 6 nitrogen and oxygen atoms in total. The topological polar surface area (TPSA) is 71.1 Å². The fourth-order valence-corrected chi connectivity index (χ4v) is 4.70. The molecule has 4 aromatic rings. The number of aryl methyl sites for hydroxylation is 1. The van der Waals surface area contributed by atoms with Crippen LogP contribution in [0, 0.1) is 0 Å². The molecular formula is C23H25Cl2N3O3S. The molecule has 1 aliphatic heterocycles. The predicted molar refractivity (Wildman–Crippen MR) is 132 cm³/mol. The van der Waals surface area contributed by atoms with Crippen molar-refractivity contribution in [3.63, 3.8) is 0 Å². The molecule has 170 valence electrons. The number of rotatable bonds is 5. The monoisotopic (exact) mass is 493 g/mol. The van der Waals surface area contributed by atoms with Gasteiger partial charge in [-0.15, -0.1) is 36.2 Å². The molecule has 3 aromatic heterocycles. The van der Waals surface area contributed by atoms with Crippen LogP contribution in [0.1, 0.15) is 12.0 Å². The van der Waals surface area contributed by atoms with Crippen molar-refractivity contribution in [2.45, 2.75) is 12.8 Å². The molecule has 0 radical (unpaired) electrons. The summed E-state index contributed by atoms with van der Waals surface area (Å²) in [5.74, 6) is 0.589. The maximum Gasteiger partial charge on any atom is 0.155 e. The van der Waals surface area contributed by atoms with Gasteiger partial charge >= 0.3 is 0 Å². The third-order valence-electron chi connectivity index (χ3n) is 5.55. The average molecular weight is 494 g/mol. The molecule has 0 spiro atoms. The van der Waals surface area contributed by atoms with Crippen LogP contribution >= 0.6 is 36.2 Å². The minimum atomic E-state index is 0. The Bertz CT molecular complexity index is 1250. The van der Waals surface area contributed by atoms with Crippen molar-refractivity contribution < 1.29 is 14.4 Å². The van der Waals surface area contributed by atoms with Crippen molar-refractivity contribution in [3.05, 3.63) is 58.9 Å². The van der Waals surface area contributed by atoms with Crippen molar-refractivity contribution in [3.8, 4) is 11.5 Å². The molecule has 9 heteroatoms. The Kier molecular flexibility index (Phi) is 8.51. The summed E-state index contributed by atoms with van der Waals surface area (Å²) in [5.41, 5.74) is 2.62. The Morgan fingerprint density at radius 1 is 1.09 bits per heavy atom. The van der Waals surface area contributed by atoms with Crippen molar-refractivity contribution in [1.29, 1.82) is 0 Å². The first kappa shape index (κ1) is 24.5. The fraction of sp³-hybridized carbons (Fsp3) is 0.304. The summed E-state index contributed by atoms with van der Waals surface area (Å²) in [7, 11) is 0. The lowest BCUT2D eigenvalue weighted by Gasteiger charge is -2.26. The number of aromatic nitrogens is 1. The van der Waals surface area contributed by atoms with Crippen molar-refractivity contribution in [1.82, 2.24) is 9.88 Å². The van der Waals surface area contributed by atoms with Gasteiger partial charge in [-0.25, -0.2) is 0 Å². The van der Waals surface area contributed by atoms with Gasteiger partial charge in [-0.05, 0) is 54.6 Å². The van der Waals surface area contributed by atoms with Crippen LogP contribution in [-0.4, -0.2) is 47.9 Å². The lowest BCUT2D eigenvalue weighted by atomic mass is 10.1. The lowest BCUT2D eigenvalue weighted by molar-refractivity contribution is 0.0375. The first-order valence-electron chi connectivity index (χ1n) is 10.2. The van der Waals surface area contributed by atoms with Crippen LogP contribution in [0.25, 0.3) is 32.5 Å². The number of nitrogens with zero attached hydrogens (tertiary/aromatic N) is 3. The Balaban J connectivity index is 0.00000144. The van der Waals surface area contributed by atoms with Crippen LogP contribution < -0.4 is 5.36 Å². The number of pyridine rings is 1. The molecule has 5 rings (SSSR count). The van der Waals surface area contributed by atoms with Gasteiger partial charge in [-0.1, -0.05) is 11.2 Å². The largest absolute Gasteiger partial charge is 0.454 e. The van der Waals surface area contributed by atoms with Crippen molar-refractivity contribution in [2.24, 2.45) is 5.16 Å². The number of hydrogen-bond donors (Lipinski definition) is 1. The SMILES string of the molecule is Cl.Cl.ON=c1cc(-c2cc3sccc3cn2)oc2ccc(CCCN3CCOCC3)cc12. The smallest absolute Gasteiger partial charge is 0.155 e. The second-order valence-electron chi connectivity index (χ2n) is 7.51. The molecule has 1 aliphatic rings. The van der Waals surface area contributed by atoms with Gasteiger partial charge in [0.25, 0.3) is 0 Å².